The Morgan fingerprint density at radius 3 is 2.55 bits per heavy atom. The van der Waals surface area contributed by atoms with Crippen LogP contribution < -0.4 is 15.0 Å². The number of nitrogens with zero attached hydrogens (tertiary/aromatic N) is 2. The fourth-order valence-corrected chi connectivity index (χ4v) is 3.53. The number of hydrogen-bond donors (Lipinski definition) is 1. The van der Waals surface area contributed by atoms with Crippen LogP contribution in [0.25, 0.3) is 0 Å². The average Bonchev–Trinajstić information content (AvgIpc) is 3.18. The SMILES string of the molecule is COc1cc(NC(=O)c2cc(C)n(CC(F)(F)F)c2C)ccc1N1CCCC1=O. The van der Waals surface area contributed by atoms with Gasteiger partial charge in [-0.25, -0.2) is 0 Å². The highest BCUT2D eigenvalue weighted by Crippen LogP contribution is 2.34. The molecule has 1 aromatic heterocycles. The molecule has 29 heavy (non-hydrogen) atoms. The molecule has 1 aromatic carbocycles. The number of carbonyl (C=O) groups is 2. The number of halogens is 3. The lowest BCUT2D eigenvalue weighted by atomic mass is 10.2. The molecule has 0 atom stereocenters. The van der Waals surface area contributed by atoms with Gasteiger partial charge in [-0.05, 0) is 38.5 Å². The van der Waals surface area contributed by atoms with Gasteiger partial charge in [0.2, 0.25) is 5.91 Å². The van der Waals surface area contributed by atoms with Crippen molar-refractivity contribution in [2.24, 2.45) is 0 Å². The van der Waals surface area contributed by atoms with E-state index in [0.29, 0.717) is 35.8 Å². The number of ether oxygens (including phenoxy) is 1. The predicted octanol–water partition coefficient (Wildman–Crippen LogP) is 4.05. The van der Waals surface area contributed by atoms with Crippen molar-refractivity contribution >= 4 is 23.2 Å². The molecule has 1 aliphatic rings. The Morgan fingerprint density at radius 1 is 1.24 bits per heavy atom. The molecule has 0 unspecified atom stereocenters. The molecule has 3 rings (SSSR count). The Kier molecular flexibility index (Phi) is 5.59. The zero-order chi connectivity index (χ0) is 21.3. The van der Waals surface area contributed by atoms with Crippen LogP contribution in [0.2, 0.25) is 0 Å². The number of rotatable bonds is 5. The van der Waals surface area contributed by atoms with Gasteiger partial charge in [0.25, 0.3) is 5.91 Å². The Morgan fingerprint density at radius 2 is 1.97 bits per heavy atom. The van der Waals surface area contributed by atoms with E-state index in [1.165, 1.54) is 27.0 Å². The average molecular weight is 409 g/mol. The minimum atomic E-state index is -4.38. The van der Waals surface area contributed by atoms with E-state index >= 15 is 0 Å². The van der Waals surface area contributed by atoms with Gasteiger partial charge in [0, 0.05) is 36.1 Å². The molecule has 2 aromatic rings. The number of alkyl halides is 3. The summed E-state index contributed by atoms with van der Waals surface area (Å²) in [6.07, 6.45) is -3.12. The number of aromatic nitrogens is 1. The Hall–Kier alpha value is -2.97. The van der Waals surface area contributed by atoms with Crippen molar-refractivity contribution in [1.29, 1.82) is 0 Å². The minimum Gasteiger partial charge on any atom is -0.494 e. The summed E-state index contributed by atoms with van der Waals surface area (Å²) in [5.41, 5.74) is 1.80. The van der Waals surface area contributed by atoms with Crippen LogP contribution in [0, 0.1) is 13.8 Å². The Labute approximate surface area is 166 Å². The summed E-state index contributed by atoms with van der Waals surface area (Å²) in [6, 6.07) is 6.35. The molecule has 1 aliphatic heterocycles. The number of carbonyl (C=O) groups excluding carboxylic acids is 2. The zero-order valence-corrected chi connectivity index (χ0v) is 16.4. The van der Waals surface area contributed by atoms with Gasteiger partial charge < -0.3 is 19.5 Å². The van der Waals surface area contributed by atoms with Crippen LogP contribution >= 0.6 is 0 Å². The number of methoxy groups -OCH3 is 1. The van der Waals surface area contributed by atoms with E-state index in [4.69, 9.17) is 4.74 Å². The second-order valence-corrected chi connectivity index (χ2v) is 6.98. The highest BCUT2D eigenvalue weighted by molar-refractivity contribution is 6.06. The second kappa shape index (κ2) is 7.81. The summed E-state index contributed by atoms with van der Waals surface area (Å²) in [4.78, 5) is 26.3. The maximum Gasteiger partial charge on any atom is 0.406 e. The van der Waals surface area contributed by atoms with E-state index in [9.17, 15) is 22.8 Å². The van der Waals surface area contributed by atoms with E-state index in [2.05, 4.69) is 5.32 Å². The summed E-state index contributed by atoms with van der Waals surface area (Å²) in [6.45, 7) is 2.47. The highest BCUT2D eigenvalue weighted by atomic mass is 19.4. The highest BCUT2D eigenvalue weighted by Gasteiger charge is 2.30. The van der Waals surface area contributed by atoms with Crippen LogP contribution in [0.3, 0.4) is 0 Å². The van der Waals surface area contributed by atoms with Crippen LogP contribution in [0.15, 0.2) is 24.3 Å². The third-order valence-electron chi connectivity index (χ3n) is 4.96. The first-order valence-electron chi connectivity index (χ1n) is 9.14. The molecule has 1 fully saturated rings. The number of hydrogen-bond acceptors (Lipinski definition) is 3. The van der Waals surface area contributed by atoms with Gasteiger partial charge in [0.15, 0.2) is 0 Å². The third-order valence-corrected chi connectivity index (χ3v) is 4.96. The topological polar surface area (TPSA) is 63.6 Å². The standard InChI is InChI=1S/C20H22F3N3O3/c1-12-9-15(13(2)26(12)11-20(21,22)23)19(28)24-14-6-7-16(17(10-14)29-3)25-8-4-5-18(25)27/h6-7,9-10H,4-5,8,11H2,1-3H3,(H,24,28). The third kappa shape index (κ3) is 4.38. The van der Waals surface area contributed by atoms with Gasteiger partial charge in [-0.3, -0.25) is 9.59 Å². The molecule has 1 N–H and O–H groups in total. The van der Waals surface area contributed by atoms with Crippen LogP contribution in [-0.2, 0) is 11.3 Å². The van der Waals surface area contributed by atoms with Crippen molar-refractivity contribution in [1.82, 2.24) is 4.57 Å². The zero-order valence-electron chi connectivity index (χ0n) is 16.4. The number of amides is 2. The maximum absolute atomic E-state index is 12.8. The van der Waals surface area contributed by atoms with Crippen LogP contribution in [0.5, 0.6) is 5.75 Å². The molecule has 9 heteroatoms. The summed E-state index contributed by atoms with van der Waals surface area (Å²) in [7, 11) is 1.47. The van der Waals surface area contributed by atoms with Gasteiger partial charge >= 0.3 is 6.18 Å². The molecule has 0 spiro atoms. The smallest absolute Gasteiger partial charge is 0.406 e. The first-order valence-corrected chi connectivity index (χ1v) is 9.14. The lowest BCUT2D eigenvalue weighted by Crippen LogP contribution is -2.24. The predicted molar refractivity (Wildman–Crippen MR) is 102 cm³/mol. The number of benzene rings is 1. The lowest BCUT2D eigenvalue weighted by Gasteiger charge is -2.19. The number of aryl methyl sites for hydroxylation is 1. The molecular formula is C20H22F3N3O3. The monoisotopic (exact) mass is 409 g/mol. The first kappa shape index (κ1) is 20.8. The van der Waals surface area contributed by atoms with Gasteiger partial charge in [0.1, 0.15) is 12.3 Å². The summed E-state index contributed by atoms with van der Waals surface area (Å²) in [5, 5.41) is 2.69. The molecule has 0 bridgehead atoms. The van der Waals surface area contributed by atoms with E-state index < -0.39 is 18.6 Å². The van der Waals surface area contributed by atoms with Gasteiger partial charge in [-0.1, -0.05) is 0 Å². The Balaban J connectivity index is 1.82. The molecule has 2 amide bonds. The number of nitrogens with one attached hydrogen (secondary N) is 1. The van der Waals surface area contributed by atoms with E-state index in [-0.39, 0.29) is 17.2 Å². The summed E-state index contributed by atoms with van der Waals surface area (Å²) < 4.78 is 44.7. The van der Waals surface area contributed by atoms with E-state index in [0.717, 1.165) is 11.0 Å². The van der Waals surface area contributed by atoms with Crippen LogP contribution in [-0.4, -0.2) is 36.2 Å². The summed E-state index contributed by atoms with van der Waals surface area (Å²) in [5.74, 6) is -0.0728. The van der Waals surface area contributed by atoms with Crippen molar-refractivity contribution in [3.8, 4) is 5.75 Å². The van der Waals surface area contributed by atoms with Gasteiger partial charge in [-0.15, -0.1) is 0 Å². The normalized spacial score (nSPS) is 14.4. The minimum absolute atomic E-state index is 0.0113. The molecule has 1 saturated heterocycles. The van der Waals surface area contributed by atoms with Crippen molar-refractivity contribution in [3.63, 3.8) is 0 Å². The number of anilines is 2. The largest absolute Gasteiger partial charge is 0.494 e. The molecular weight excluding hydrogens is 387 g/mol. The molecule has 2 heterocycles. The van der Waals surface area contributed by atoms with Gasteiger partial charge in [-0.2, -0.15) is 13.2 Å². The fourth-order valence-electron chi connectivity index (χ4n) is 3.53. The van der Waals surface area contributed by atoms with Crippen molar-refractivity contribution in [3.05, 3.63) is 41.2 Å². The molecule has 6 nitrogen and oxygen atoms in total. The van der Waals surface area contributed by atoms with E-state index in [1.54, 1.807) is 23.1 Å². The van der Waals surface area contributed by atoms with E-state index in [1.807, 2.05) is 0 Å². The first-order chi connectivity index (χ1) is 13.6. The fraction of sp³-hybridized carbons (Fsp3) is 0.400. The quantitative estimate of drug-likeness (QED) is 0.810. The molecule has 0 radical (unpaired) electrons. The van der Waals surface area contributed by atoms with Crippen LogP contribution in [0.1, 0.15) is 34.6 Å². The molecule has 156 valence electrons. The Bertz CT molecular complexity index is 950. The van der Waals surface area contributed by atoms with Crippen molar-refractivity contribution in [2.45, 2.75) is 39.4 Å². The molecule has 0 saturated carbocycles. The van der Waals surface area contributed by atoms with Gasteiger partial charge in [0.05, 0.1) is 18.4 Å². The van der Waals surface area contributed by atoms with Crippen molar-refractivity contribution < 1.29 is 27.5 Å². The molecule has 0 aliphatic carbocycles. The maximum atomic E-state index is 12.8. The second-order valence-electron chi connectivity index (χ2n) is 6.98. The van der Waals surface area contributed by atoms with Crippen molar-refractivity contribution in [2.75, 3.05) is 23.9 Å². The van der Waals surface area contributed by atoms with Crippen LogP contribution in [0.4, 0.5) is 24.5 Å². The summed E-state index contributed by atoms with van der Waals surface area (Å²) >= 11 is 0. The lowest BCUT2D eigenvalue weighted by molar-refractivity contribution is -0.141.